The molecule has 0 saturated carbocycles. The third-order valence-electron chi connectivity index (χ3n) is 3.93. The molecule has 0 spiro atoms. The lowest BCUT2D eigenvalue weighted by Gasteiger charge is -2.20. The Bertz CT molecular complexity index is 581. The van der Waals surface area contributed by atoms with Gasteiger partial charge in [-0.3, -0.25) is 4.79 Å². The van der Waals surface area contributed by atoms with Gasteiger partial charge in [-0.25, -0.2) is 0 Å². The molecular weight excluding hydrogens is 266 g/mol. The number of hydrogen-bond donors (Lipinski definition) is 3. The third-order valence-corrected chi connectivity index (χ3v) is 3.93. The molecule has 1 aromatic carbocycles. The van der Waals surface area contributed by atoms with Crippen molar-refractivity contribution in [3.8, 4) is 5.75 Å². The summed E-state index contributed by atoms with van der Waals surface area (Å²) in [6.45, 7) is 0.900. The predicted molar refractivity (Wildman–Crippen MR) is 84.6 cm³/mol. The van der Waals surface area contributed by atoms with Gasteiger partial charge in [0.25, 0.3) is 5.91 Å². The second-order valence-electron chi connectivity index (χ2n) is 5.56. The summed E-state index contributed by atoms with van der Waals surface area (Å²) in [4.78, 5) is 11.3. The van der Waals surface area contributed by atoms with Crippen LogP contribution in [0.5, 0.6) is 5.75 Å². The van der Waals surface area contributed by atoms with Crippen LogP contribution in [0.2, 0.25) is 0 Å². The quantitative estimate of drug-likeness (QED) is 0.588. The number of nitrogens with two attached hydrogens (primary N) is 1. The predicted octanol–water partition coefficient (Wildman–Crippen LogP) is 2.90. The van der Waals surface area contributed by atoms with Gasteiger partial charge in [-0.05, 0) is 38.2 Å². The molecule has 0 saturated heterocycles. The van der Waals surface area contributed by atoms with Gasteiger partial charge < -0.3 is 21.1 Å². The lowest BCUT2D eigenvalue weighted by molar-refractivity contribution is -0.118. The fourth-order valence-corrected chi connectivity index (χ4v) is 2.78. The summed E-state index contributed by atoms with van der Waals surface area (Å²) in [5.74, 6) is 0.498. The van der Waals surface area contributed by atoms with E-state index in [2.05, 4.69) is 16.7 Å². The summed E-state index contributed by atoms with van der Waals surface area (Å²) in [7, 11) is 0. The van der Waals surface area contributed by atoms with Gasteiger partial charge in [0.15, 0.2) is 6.61 Å². The Balaban J connectivity index is 1.63. The maximum atomic E-state index is 11.3. The highest BCUT2D eigenvalue weighted by molar-refractivity contribution is 5.97. The monoisotopic (exact) mass is 287 g/mol. The zero-order valence-electron chi connectivity index (χ0n) is 12.1. The number of amides is 1. The van der Waals surface area contributed by atoms with Crippen molar-refractivity contribution >= 4 is 23.0 Å². The first-order valence-electron chi connectivity index (χ1n) is 7.50. The molecule has 0 aromatic heterocycles. The van der Waals surface area contributed by atoms with E-state index in [9.17, 15) is 4.79 Å². The summed E-state index contributed by atoms with van der Waals surface area (Å²) >= 11 is 0. The van der Waals surface area contributed by atoms with Gasteiger partial charge in [-0.2, -0.15) is 0 Å². The average Bonchev–Trinajstić information content (AvgIpc) is 2.49. The molecule has 1 heterocycles. The van der Waals surface area contributed by atoms with Crippen LogP contribution in [0.4, 0.5) is 17.1 Å². The van der Waals surface area contributed by atoms with Gasteiger partial charge >= 0.3 is 0 Å². The topological polar surface area (TPSA) is 76.4 Å². The van der Waals surface area contributed by atoms with E-state index in [4.69, 9.17) is 10.5 Å². The molecule has 3 rings (SSSR count). The first-order valence-corrected chi connectivity index (χ1v) is 7.50. The molecule has 2 aliphatic rings. The Labute approximate surface area is 124 Å². The highest BCUT2D eigenvalue weighted by Gasteiger charge is 2.17. The SMILES string of the molecule is Nc1cc2c(cc1NCCC1=CCCCC1)NC(=O)CO2. The molecule has 112 valence electrons. The van der Waals surface area contributed by atoms with Crippen molar-refractivity contribution in [3.05, 3.63) is 23.8 Å². The van der Waals surface area contributed by atoms with Crippen LogP contribution in [0.1, 0.15) is 32.1 Å². The molecule has 0 bridgehead atoms. The molecule has 0 atom stereocenters. The van der Waals surface area contributed by atoms with Crippen molar-refractivity contribution in [3.63, 3.8) is 0 Å². The number of anilines is 3. The second-order valence-corrected chi connectivity index (χ2v) is 5.56. The molecule has 1 amide bonds. The smallest absolute Gasteiger partial charge is 0.262 e. The van der Waals surface area contributed by atoms with E-state index in [1.807, 2.05) is 6.07 Å². The normalized spacial score (nSPS) is 17.3. The van der Waals surface area contributed by atoms with Crippen molar-refractivity contribution < 1.29 is 9.53 Å². The summed E-state index contributed by atoms with van der Waals surface area (Å²) < 4.78 is 5.34. The second kappa shape index (κ2) is 6.08. The van der Waals surface area contributed by atoms with Crippen LogP contribution in [-0.2, 0) is 4.79 Å². The highest BCUT2D eigenvalue weighted by Crippen LogP contribution is 2.35. The van der Waals surface area contributed by atoms with E-state index in [1.54, 1.807) is 6.07 Å². The number of nitrogen functional groups attached to an aromatic ring is 1. The van der Waals surface area contributed by atoms with Crippen LogP contribution < -0.4 is 21.1 Å². The zero-order chi connectivity index (χ0) is 14.7. The average molecular weight is 287 g/mol. The van der Waals surface area contributed by atoms with E-state index in [1.165, 1.54) is 31.3 Å². The van der Waals surface area contributed by atoms with Crippen molar-refractivity contribution in [2.45, 2.75) is 32.1 Å². The molecule has 1 aromatic rings. The van der Waals surface area contributed by atoms with Crippen LogP contribution in [-0.4, -0.2) is 19.1 Å². The standard InChI is InChI=1S/C16H21N3O2/c17-12-8-15-14(19-16(20)10-21-15)9-13(12)18-7-6-11-4-2-1-3-5-11/h4,8-9,18H,1-3,5-7,10,17H2,(H,19,20). The number of benzene rings is 1. The fraction of sp³-hybridized carbons (Fsp3) is 0.438. The van der Waals surface area contributed by atoms with E-state index >= 15 is 0 Å². The number of fused-ring (bicyclic) bond motifs is 1. The van der Waals surface area contributed by atoms with E-state index in [0.717, 1.165) is 18.7 Å². The number of ether oxygens (including phenoxy) is 1. The van der Waals surface area contributed by atoms with Crippen LogP contribution in [0, 0.1) is 0 Å². The zero-order valence-corrected chi connectivity index (χ0v) is 12.1. The summed E-state index contributed by atoms with van der Waals surface area (Å²) in [5, 5.41) is 6.15. The van der Waals surface area contributed by atoms with E-state index < -0.39 is 0 Å². The maximum absolute atomic E-state index is 11.3. The summed E-state index contributed by atoms with van der Waals surface area (Å²) in [6, 6.07) is 3.61. The molecule has 1 aliphatic carbocycles. The Morgan fingerprint density at radius 1 is 1.33 bits per heavy atom. The van der Waals surface area contributed by atoms with E-state index in [-0.39, 0.29) is 12.5 Å². The minimum Gasteiger partial charge on any atom is -0.482 e. The van der Waals surface area contributed by atoms with E-state index in [0.29, 0.717) is 17.1 Å². The Morgan fingerprint density at radius 3 is 3.05 bits per heavy atom. The van der Waals surface area contributed by atoms with Gasteiger partial charge in [-0.1, -0.05) is 11.6 Å². The number of allylic oxidation sites excluding steroid dienone is 1. The first-order chi connectivity index (χ1) is 10.2. The fourth-order valence-electron chi connectivity index (χ4n) is 2.78. The van der Waals surface area contributed by atoms with Crippen LogP contribution in [0.25, 0.3) is 0 Å². The molecule has 1 aliphatic heterocycles. The maximum Gasteiger partial charge on any atom is 0.262 e. The lowest BCUT2D eigenvalue weighted by Crippen LogP contribution is -2.25. The lowest BCUT2D eigenvalue weighted by atomic mass is 9.97. The van der Waals surface area contributed by atoms with Gasteiger partial charge in [0.2, 0.25) is 0 Å². The Morgan fingerprint density at radius 2 is 2.24 bits per heavy atom. The molecule has 0 fully saturated rings. The first kappa shape index (κ1) is 13.8. The summed E-state index contributed by atoms with van der Waals surface area (Å²) in [5.41, 5.74) is 9.72. The Hall–Kier alpha value is -2.17. The van der Waals surface area contributed by atoms with Crippen LogP contribution in [0.15, 0.2) is 23.8 Å². The van der Waals surface area contributed by atoms with Crippen LogP contribution >= 0.6 is 0 Å². The number of carbonyl (C=O) groups excluding carboxylic acids is 1. The minimum atomic E-state index is -0.134. The largest absolute Gasteiger partial charge is 0.482 e. The number of nitrogens with one attached hydrogen (secondary N) is 2. The highest BCUT2D eigenvalue weighted by atomic mass is 16.5. The van der Waals surface area contributed by atoms with Gasteiger partial charge in [0.05, 0.1) is 17.1 Å². The number of carbonyl (C=O) groups is 1. The molecule has 4 N–H and O–H groups in total. The van der Waals surface area contributed by atoms with Crippen molar-refractivity contribution in [1.82, 2.24) is 0 Å². The minimum absolute atomic E-state index is 0.0490. The van der Waals surface area contributed by atoms with Crippen molar-refractivity contribution in [1.29, 1.82) is 0 Å². The van der Waals surface area contributed by atoms with Crippen molar-refractivity contribution in [2.24, 2.45) is 0 Å². The third kappa shape index (κ3) is 3.29. The van der Waals surface area contributed by atoms with Crippen LogP contribution in [0.3, 0.4) is 0 Å². The molecule has 21 heavy (non-hydrogen) atoms. The van der Waals surface area contributed by atoms with Gasteiger partial charge in [-0.15, -0.1) is 0 Å². The molecule has 0 radical (unpaired) electrons. The molecular formula is C16H21N3O2. The Kier molecular flexibility index (Phi) is 3.99. The van der Waals surface area contributed by atoms with Crippen molar-refractivity contribution in [2.75, 3.05) is 29.5 Å². The van der Waals surface area contributed by atoms with Gasteiger partial charge in [0, 0.05) is 12.6 Å². The number of hydrogen-bond acceptors (Lipinski definition) is 4. The summed E-state index contributed by atoms with van der Waals surface area (Å²) in [6.07, 6.45) is 8.43. The molecule has 0 unspecified atom stereocenters. The molecule has 5 nitrogen and oxygen atoms in total. The number of rotatable bonds is 4. The van der Waals surface area contributed by atoms with Gasteiger partial charge in [0.1, 0.15) is 5.75 Å². The molecule has 5 heteroatoms.